The molecule has 3 aromatic rings. The quantitative estimate of drug-likeness (QED) is 0.767. The monoisotopic (exact) mass is 283 g/mol. The predicted octanol–water partition coefficient (Wildman–Crippen LogP) is 2.35. The predicted molar refractivity (Wildman–Crippen MR) is 83.0 cm³/mol. The molecule has 0 fully saturated rings. The van der Waals surface area contributed by atoms with Gasteiger partial charge in [-0.3, -0.25) is 0 Å². The Morgan fingerprint density at radius 2 is 1.95 bits per heavy atom. The lowest BCUT2D eigenvalue weighted by molar-refractivity contribution is 0.317. The molecule has 0 saturated carbocycles. The first-order valence-corrected chi connectivity index (χ1v) is 6.82. The zero-order valence-electron chi connectivity index (χ0n) is 11.8. The summed E-state index contributed by atoms with van der Waals surface area (Å²) in [6.45, 7) is 2.79. The minimum absolute atomic E-state index is 0.368. The van der Waals surface area contributed by atoms with E-state index in [-0.39, 0.29) is 0 Å². The van der Waals surface area contributed by atoms with Crippen LogP contribution in [-0.2, 0) is 0 Å². The summed E-state index contributed by atoms with van der Waals surface area (Å²) in [6.07, 6.45) is 2.80. The molecule has 2 aromatic heterocycles. The SMILES string of the molecule is CCCOc1ccc(-c2cn3nc(N)cc(N)c3n2)cc1. The Hall–Kier alpha value is -2.76. The Bertz CT molecular complexity index is 764. The smallest absolute Gasteiger partial charge is 0.177 e. The lowest BCUT2D eigenvalue weighted by Crippen LogP contribution is -2.00. The fourth-order valence-electron chi connectivity index (χ4n) is 2.10. The first kappa shape index (κ1) is 13.2. The van der Waals surface area contributed by atoms with E-state index in [9.17, 15) is 0 Å². The number of ether oxygens (including phenoxy) is 1. The first-order valence-electron chi connectivity index (χ1n) is 6.82. The van der Waals surface area contributed by atoms with E-state index in [2.05, 4.69) is 17.0 Å². The standard InChI is InChI=1S/C15H17N5O/c1-2-7-21-11-5-3-10(4-6-11)13-9-20-15(18-13)12(16)8-14(17)19-20/h3-6,8-9H,2,7,16H2,1H3,(H2,17,19). The van der Waals surface area contributed by atoms with Crippen LogP contribution in [0.2, 0.25) is 0 Å². The number of anilines is 2. The van der Waals surface area contributed by atoms with Crippen LogP contribution >= 0.6 is 0 Å². The van der Waals surface area contributed by atoms with Gasteiger partial charge < -0.3 is 16.2 Å². The summed E-state index contributed by atoms with van der Waals surface area (Å²) in [5.41, 5.74) is 14.5. The van der Waals surface area contributed by atoms with E-state index < -0.39 is 0 Å². The molecule has 0 spiro atoms. The number of hydrogen-bond donors (Lipinski definition) is 2. The molecule has 0 bridgehead atoms. The third-order valence-corrected chi connectivity index (χ3v) is 3.10. The number of rotatable bonds is 4. The summed E-state index contributed by atoms with van der Waals surface area (Å²) in [7, 11) is 0. The van der Waals surface area contributed by atoms with E-state index in [0.717, 1.165) is 23.4 Å². The number of fused-ring (bicyclic) bond motifs is 1. The van der Waals surface area contributed by atoms with Crippen molar-refractivity contribution in [1.29, 1.82) is 0 Å². The van der Waals surface area contributed by atoms with Crippen LogP contribution in [0.5, 0.6) is 5.75 Å². The van der Waals surface area contributed by atoms with Crippen molar-refractivity contribution in [3.05, 3.63) is 36.5 Å². The highest BCUT2D eigenvalue weighted by Gasteiger charge is 2.08. The zero-order chi connectivity index (χ0) is 14.8. The number of imidazole rings is 1. The second-order valence-electron chi connectivity index (χ2n) is 4.79. The molecule has 0 unspecified atom stereocenters. The largest absolute Gasteiger partial charge is 0.494 e. The fraction of sp³-hybridized carbons (Fsp3) is 0.200. The van der Waals surface area contributed by atoms with Gasteiger partial charge in [-0.2, -0.15) is 0 Å². The number of nitrogen functional groups attached to an aromatic ring is 2. The summed E-state index contributed by atoms with van der Waals surface area (Å²) in [6, 6.07) is 9.40. The van der Waals surface area contributed by atoms with Crippen LogP contribution in [0.3, 0.4) is 0 Å². The van der Waals surface area contributed by atoms with E-state index in [1.165, 1.54) is 0 Å². The van der Waals surface area contributed by atoms with E-state index in [0.29, 0.717) is 23.8 Å². The molecule has 0 aliphatic rings. The molecule has 0 radical (unpaired) electrons. The molecule has 0 aliphatic carbocycles. The Morgan fingerprint density at radius 3 is 2.67 bits per heavy atom. The van der Waals surface area contributed by atoms with Gasteiger partial charge in [0.15, 0.2) is 5.65 Å². The minimum atomic E-state index is 0.368. The average Bonchev–Trinajstić information content (AvgIpc) is 2.90. The molecule has 21 heavy (non-hydrogen) atoms. The molecule has 6 heteroatoms. The number of hydrogen-bond acceptors (Lipinski definition) is 5. The van der Waals surface area contributed by atoms with Gasteiger partial charge in [-0.15, -0.1) is 5.10 Å². The van der Waals surface area contributed by atoms with Gasteiger partial charge in [-0.25, -0.2) is 9.50 Å². The summed E-state index contributed by atoms with van der Waals surface area (Å²) in [5.74, 6) is 1.22. The normalized spacial score (nSPS) is 10.9. The van der Waals surface area contributed by atoms with Crippen LogP contribution in [0.15, 0.2) is 36.5 Å². The molecule has 0 aliphatic heterocycles. The number of nitrogens with zero attached hydrogens (tertiary/aromatic N) is 3. The van der Waals surface area contributed by atoms with Gasteiger partial charge in [0, 0.05) is 11.6 Å². The second-order valence-corrected chi connectivity index (χ2v) is 4.79. The van der Waals surface area contributed by atoms with Crippen molar-refractivity contribution in [1.82, 2.24) is 14.6 Å². The van der Waals surface area contributed by atoms with Crippen molar-refractivity contribution in [2.45, 2.75) is 13.3 Å². The van der Waals surface area contributed by atoms with Gasteiger partial charge in [-0.05, 0) is 30.7 Å². The van der Waals surface area contributed by atoms with Crippen LogP contribution in [-0.4, -0.2) is 21.2 Å². The van der Waals surface area contributed by atoms with Crippen LogP contribution in [0.4, 0.5) is 11.5 Å². The molecule has 4 N–H and O–H groups in total. The summed E-state index contributed by atoms with van der Waals surface area (Å²) >= 11 is 0. The number of nitrogens with two attached hydrogens (primary N) is 2. The molecule has 1 aromatic carbocycles. The van der Waals surface area contributed by atoms with Gasteiger partial charge in [0.05, 0.1) is 24.2 Å². The highest BCUT2D eigenvalue weighted by molar-refractivity contribution is 5.72. The average molecular weight is 283 g/mol. The van der Waals surface area contributed by atoms with Crippen molar-refractivity contribution >= 4 is 17.2 Å². The Balaban J connectivity index is 1.95. The maximum absolute atomic E-state index is 5.90. The highest BCUT2D eigenvalue weighted by Crippen LogP contribution is 2.24. The highest BCUT2D eigenvalue weighted by atomic mass is 16.5. The number of aromatic nitrogens is 3. The lowest BCUT2D eigenvalue weighted by Gasteiger charge is -2.04. The molecule has 0 atom stereocenters. The number of benzene rings is 1. The summed E-state index contributed by atoms with van der Waals surface area (Å²) < 4.78 is 7.16. The second kappa shape index (κ2) is 5.32. The minimum Gasteiger partial charge on any atom is -0.494 e. The van der Waals surface area contributed by atoms with E-state index >= 15 is 0 Å². The molecular formula is C15H17N5O. The fourth-order valence-corrected chi connectivity index (χ4v) is 2.10. The van der Waals surface area contributed by atoms with Gasteiger partial charge in [0.1, 0.15) is 11.6 Å². The van der Waals surface area contributed by atoms with Crippen LogP contribution < -0.4 is 16.2 Å². The van der Waals surface area contributed by atoms with E-state index in [1.807, 2.05) is 30.5 Å². The Labute approximate surface area is 122 Å². The zero-order valence-corrected chi connectivity index (χ0v) is 11.8. The van der Waals surface area contributed by atoms with Gasteiger partial charge in [0.25, 0.3) is 0 Å². The molecule has 6 nitrogen and oxygen atoms in total. The first-order chi connectivity index (χ1) is 10.2. The Kier molecular flexibility index (Phi) is 3.35. The third kappa shape index (κ3) is 2.60. The summed E-state index contributed by atoms with van der Waals surface area (Å²) in [4.78, 5) is 4.49. The maximum Gasteiger partial charge on any atom is 0.177 e. The van der Waals surface area contributed by atoms with Crippen molar-refractivity contribution in [3.8, 4) is 17.0 Å². The van der Waals surface area contributed by atoms with Gasteiger partial charge in [-0.1, -0.05) is 6.92 Å². The molecule has 0 saturated heterocycles. The van der Waals surface area contributed by atoms with Crippen molar-refractivity contribution in [2.24, 2.45) is 0 Å². The lowest BCUT2D eigenvalue weighted by atomic mass is 10.2. The molecule has 3 rings (SSSR count). The maximum atomic E-state index is 5.90. The Morgan fingerprint density at radius 1 is 1.19 bits per heavy atom. The topological polar surface area (TPSA) is 91.5 Å². The molecular weight excluding hydrogens is 266 g/mol. The van der Waals surface area contributed by atoms with Crippen molar-refractivity contribution in [3.63, 3.8) is 0 Å². The molecule has 0 amide bonds. The van der Waals surface area contributed by atoms with Gasteiger partial charge in [0.2, 0.25) is 0 Å². The van der Waals surface area contributed by atoms with E-state index in [1.54, 1.807) is 10.6 Å². The van der Waals surface area contributed by atoms with Crippen LogP contribution in [0.1, 0.15) is 13.3 Å². The summed E-state index contributed by atoms with van der Waals surface area (Å²) in [5, 5.41) is 4.17. The van der Waals surface area contributed by atoms with Crippen LogP contribution in [0.25, 0.3) is 16.9 Å². The van der Waals surface area contributed by atoms with Crippen molar-refractivity contribution < 1.29 is 4.74 Å². The van der Waals surface area contributed by atoms with Crippen molar-refractivity contribution in [2.75, 3.05) is 18.1 Å². The van der Waals surface area contributed by atoms with E-state index in [4.69, 9.17) is 16.2 Å². The molecule has 108 valence electrons. The third-order valence-electron chi connectivity index (χ3n) is 3.10. The van der Waals surface area contributed by atoms with Crippen LogP contribution in [0, 0.1) is 0 Å². The van der Waals surface area contributed by atoms with Gasteiger partial charge >= 0.3 is 0 Å². The molecule has 2 heterocycles.